The number of rotatable bonds is 1. The smallest absolute Gasteiger partial charge is 0.00795 e. The highest BCUT2D eigenvalue weighted by molar-refractivity contribution is 7.12. The zero-order chi connectivity index (χ0) is 9.10. The van der Waals surface area contributed by atoms with Crippen LogP contribution in [0, 0.1) is 6.92 Å². The molecule has 1 aliphatic heterocycles. The molecule has 1 nitrogen and oxygen atoms in total. The average Bonchev–Trinajstić information content (AvgIpc) is 2.43. The van der Waals surface area contributed by atoms with Crippen molar-refractivity contribution in [3.8, 4) is 0 Å². The molecule has 1 unspecified atom stereocenters. The van der Waals surface area contributed by atoms with Crippen LogP contribution in [0.3, 0.4) is 0 Å². The van der Waals surface area contributed by atoms with Crippen LogP contribution in [0.4, 0.5) is 0 Å². The zero-order valence-corrected chi connectivity index (χ0v) is 8.99. The second-order valence-electron chi connectivity index (χ2n) is 3.83. The van der Waals surface area contributed by atoms with E-state index in [9.17, 15) is 0 Å². The summed E-state index contributed by atoms with van der Waals surface area (Å²) in [5.41, 5.74) is 0. The van der Waals surface area contributed by atoms with Crippen LogP contribution in [0.1, 0.15) is 34.9 Å². The van der Waals surface area contributed by atoms with E-state index in [0.29, 0.717) is 0 Å². The lowest BCUT2D eigenvalue weighted by Gasteiger charge is -2.10. The van der Waals surface area contributed by atoms with Crippen molar-refractivity contribution in [3.63, 3.8) is 0 Å². The molecular weight excluding hydrogens is 178 g/mol. The maximum Gasteiger partial charge on any atom is 0.00795 e. The highest BCUT2D eigenvalue weighted by atomic mass is 32.1. The van der Waals surface area contributed by atoms with Crippen LogP contribution in [-0.2, 0) is 0 Å². The Labute approximate surface area is 84.2 Å². The molecule has 1 aromatic rings. The van der Waals surface area contributed by atoms with Gasteiger partial charge in [0, 0.05) is 9.75 Å². The Morgan fingerprint density at radius 1 is 1.31 bits per heavy atom. The van der Waals surface area contributed by atoms with Crippen LogP contribution in [0.25, 0.3) is 0 Å². The molecule has 72 valence electrons. The average molecular weight is 195 g/mol. The minimum absolute atomic E-state index is 0.827. The Balaban J connectivity index is 2.06. The first-order valence-corrected chi connectivity index (χ1v) is 5.95. The molecule has 13 heavy (non-hydrogen) atoms. The summed E-state index contributed by atoms with van der Waals surface area (Å²) in [6.07, 6.45) is 4.02. The highest BCUT2D eigenvalue weighted by Crippen LogP contribution is 2.31. The minimum atomic E-state index is 0.827. The molecule has 2 rings (SSSR count). The summed E-state index contributed by atoms with van der Waals surface area (Å²) in [7, 11) is 0. The molecular formula is C11H17NS. The van der Waals surface area contributed by atoms with Gasteiger partial charge in [-0.3, -0.25) is 0 Å². The molecule has 0 bridgehead atoms. The van der Waals surface area contributed by atoms with Crippen molar-refractivity contribution in [2.24, 2.45) is 0 Å². The predicted octanol–water partition coefficient (Wildman–Crippen LogP) is 2.91. The van der Waals surface area contributed by atoms with E-state index in [4.69, 9.17) is 0 Å². The maximum absolute atomic E-state index is 3.46. The van der Waals surface area contributed by atoms with Crippen molar-refractivity contribution in [1.82, 2.24) is 5.32 Å². The third-order valence-electron chi connectivity index (χ3n) is 2.74. The van der Waals surface area contributed by atoms with Crippen molar-refractivity contribution in [2.75, 3.05) is 13.1 Å². The van der Waals surface area contributed by atoms with Gasteiger partial charge in [-0.15, -0.1) is 11.3 Å². The molecule has 1 saturated heterocycles. The van der Waals surface area contributed by atoms with Crippen LogP contribution in [0.5, 0.6) is 0 Å². The SMILES string of the molecule is Cc1ccc(C2CCCNCC2)s1. The number of aryl methyl sites for hydroxylation is 1. The summed E-state index contributed by atoms with van der Waals surface area (Å²) in [6.45, 7) is 4.60. The van der Waals surface area contributed by atoms with Crippen LogP contribution in [-0.4, -0.2) is 13.1 Å². The van der Waals surface area contributed by atoms with Crippen molar-refractivity contribution in [1.29, 1.82) is 0 Å². The largest absolute Gasteiger partial charge is 0.317 e. The fraction of sp³-hybridized carbons (Fsp3) is 0.636. The summed E-state index contributed by atoms with van der Waals surface area (Å²) in [5.74, 6) is 0.827. The molecule has 2 heterocycles. The predicted molar refractivity (Wildman–Crippen MR) is 58.5 cm³/mol. The van der Waals surface area contributed by atoms with Gasteiger partial charge in [0.25, 0.3) is 0 Å². The topological polar surface area (TPSA) is 12.0 Å². The van der Waals surface area contributed by atoms with Gasteiger partial charge in [0.15, 0.2) is 0 Å². The Hall–Kier alpha value is -0.340. The molecule has 0 radical (unpaired) electrons. The number of hydrogen-bond acceptors (Lipinski definition) is 2. The Bertz CT molecular complexity index is 259. The minimum Gasteiger partial charge on any atom is -0.317 e. The summed E-state index contributed by atoms with van der Waals surface area (Å²) < 4.78 is 0. The summed E-state index contributed by atoms with van der Waals surface area (Å²) in [4.78, 5) is 3.05. The standard InChI is InChI=1S/C11H17NS/c1-9-4-5-11(13-9)10-3-2-7-12-8-6-10/h4-5,10,12H,2-3,6-8H2,1H3. The van der Waals surface area contributed by atoms with E-state index in [1.54, 1.807) is 4.88 Å². The van der Waals surface area contributed by atoms with E-state index < -0.39 is 0 Å². The van der Waals surface area contributed by atoms with Gasteiger partial charge in [0.05, 0.1) is 0 Å². The Morgan fingerprint density at radius 3 is 3.00 bits per heavy atom. The summed E-state index contributed by atoms with van der Waals surface area (Å²) >= 11 is 1.98. The van der Waals surface area contributed by atoms with Crippen LogP contribution in [0.2, 0.25) is 0 Å². The van der Waals surface area contributed by atoms with E-state index in [2.05, 4.69) is 24.4 Å². The van der Waals surface area contributed by atoms with E-state index in [0.717, 1.165) is 5.92 Å². The van der Waals surface area contributed by atoms with Crippen molar-refractivity contribution < 1.29 is 0 Å². The molecule has 0 spiro atoms. The van der Waals surface area contributed by atoms with Gasteiger partial charge in [-0.25, -0.2) is 0 Å². The second-order valence-corrected chi connectivity index (χ2v) is 5.15. The molecule has 2 heteroatoms. The molecule has 1 fully saturated rings. The third-order valence-corrected chi connectivity index (χ3v) is 3.90. The van der Waals surface area contributed by atoms with E-state index in [1.165, 1.54) is 37.2 Å². The second kappa shape index (κ2) is 4.25. The summed E-state index contributed by atoms with van der Waals surface area (Å²) in [5, 5.41) is 3.46. The van der Waals surface area contributed by atoms with Gasteiger partial charge in [0.2, 0.25) is 0 Å². The Morgan fingerprint density at radius 2 is 2.23 bits per heavy atom. The molecule has 0 aliphatic carbocycles. The normalized spacial score (nSPS) is 24.2. The van der Waals surface area contributed by atoms with Gasteiger partial charge in [-0.05, 0) is 57.3 Å². The van der Waals surface area contributed by atoms with Gasteiger partial charge in [0.1, 0.15) is 0 Å². The molecule has 0 aromatic carbocycles. The third kappa shape index (κ3) is 2.32. The number of thiophene rings is 1. The molecule has 1 aliphatic rings. The van der Waals surface area contributed by atoms with E-state index in [-0.39, 0.29) is 0 Å². The van der Waals surface area contributed by atoms with Crippen molar-refractivity contribution >= 4 is 11.3 Å². The van der Waals surface area contributed by atoms with Crippen LogP contribution < -0.4 is 5.32 Å². The van der Waals surface area contributed by atoms with Crippen molar-refractivity contribution in [3.05, 3.63) is 21.9 Å². The van der Waals surface area contributed by atoms with Crippen molar-refractivity contribution in [2.45, 2.75) is 32.1 Å². The van der Waals surface area contributed by atoms with Crippen LogP contribution >= 0.6 is 11.3 Å². The monoisotopic (exact) mass is 195 g/mol. The first-order chi connectivity index (χ1) is 6.36. The molecule has 1 aromatic heterocycles. The lowest BCUT2D eigenvalue weighted by atomic mass is 9.99. The van der Waals surface area contributed by atoms with Gasteiger partial charge in [-0.2, -0.15) is 0 Å². The van der Waals surface area contributed by atoms with Gasteiger partial charge in [-0.1, -0.05) is 0 Å². The number of hydrogen-bond donors (Lipinski definition) is 1. The van der Waals surface area contributed by atoms with Gasteiger partial charge < -0.3 is 5.32 Å². The Kier molecular flexibility index (Phi) is 3.01. The fourth-order valence-electron chi connectivity index (χ4n) is 1.98. The quantitative estimate of drug-likeness (QED) is 0.726. The molecule has 0 amide bonds. The summed E-state index contributed by atoms with van der Waals surface area (Å²) in [6, 6.07) is 4.56. The fourth-order valence-corrected chi connectivity index (χ4v) is 3.02. The lowest BCUT2D eigenvalue weighted by Crippen LogP contribution is -2.13. The van der Waals surface area contributed by atoms with E-state index in [1.807, 2.05) is 11.3 Å². The first-order valence-electron chi connectivity index (χ1n) is 5.13. The molecule has 1 N–H and O–H groups in total. The maximum atomic E-state index is 3.46. The highest BCUT2D eigenvalue weighted by Gasteiger charge is 2.14. The first kappa shape index (κ1) is 9.22. The lowest BCUT2D eigenvalue weighted by molar-refractivity contribution is 0.619. The molecule has 1 atom stereocenters. The van der Waals surface area contributed by atoms with Gasteiger partial charge >= 0.3 is 0 Å². The number of nitrogens with one attached hydrogen (secondary N) is 1. The zero-order valence-electron chi connectivity index (χ0n) is 8.18. The molecule has 0 saturated carbocycles. The van der Waals surface area contributed by atoms with Crippen LogP contribution in [0.15, 0.2) is 12.1 Å². The van der Waals surface area contributed by atoms with E-state index >= 15 is 0 Å².